The van der Waals surface area contributed by atoms with E-state index in [9.17, 15) is 9.59 Å². The van der Waals surface area contributed by atoms with Gasteiger partial charge in [-0.1, -0.05) is 30.4 Å². The number of ether oxygens (including phenoxy) is 1. The highest BCUT2D eigenvalue weighted by atomic mass is 16.5. The molecule has 5 nitrogen and oxygen atoms in total. The number of amides is 1. The monoisotopic (exact) mass is 312 g/mol. The normalized spacial score (nSPS) is 15.0. The predicted molar refractivity (Wildman–Crippen MR) is 91.0 cm³/mol. The van der Waals surface area contributed by atoms with E-state index >= 15 is 0 Å². The van der Waals surface area contributed by atoms with Crippen LogP contribution >= 0.6 is 0 Å². The van der Waals surface area contributed by atoms with E-state index in [0.29, 0.717) is 29.6 Å². The third kappa shape index (κ3) is 4.17. The van der Waals surface area contributed by atoms with Crippen molar-refractivity contribution in [1.29, 1.82) is 0 Å². The van der Waals surface area contributed by atoms with Gasteiger partial charge in [-0.2, -0.15) is 0 Å². The minimum atomic E-state index is -0.247. The molecule has 0 saturated carbocycles. The van der Waals surface area contributed by atoms with Gasteiger partial charge in [-0.05, 0) is 30.7 Å². The van der Waals surface area contributed by atoms with Gasteiger partial charge in [0.25, 0.3) is 5.91 Å². The van der Waals surface area contributed by atoms with Crippen LogP contribution in [0.5, 0.6) is 0 Å². The number of hydrogen-bond donors (Lipinski definition) is 1. The van der Waals surface area contributed by atoms with Crippen LogP contribution in [0.15, 0.2) is 48.7 Å². The van der Waals surface area contributed by atoms with E-state index in [1.54, 1.807) is 30.4 Å². The van der Waals surface area contributed by atoms with Crippen molar-refractivity contribution in [3.05, 3.63) is 59.8 Å². The molecule has 1 heterocycles. The Kier molecular flexibility index (Phi) is 5.88. The fourth-order valence-electron chi connectivity index (χ4n) is 2.25. The van der Waals surface area contributed by atoms with Gasteiger partial charge < -0.3 is 15.0 Å². The molecule has 1 amide bonds. The average Bonchev–Trinajstić information content (AvgIpc) is 2.60. The zero-order chi connectivity index (χ0) is 16.7. The van der Waals surface area contributed by atoms with Gasteiger partial charge in [0, 0.05) is 25.5 Å². The number of hydrogen-bond acceptors (Lipinski definition) is 4. The number of aldehydes is 1. The Morgan fingerprint density at radius 3 is 2.87 bits per heavy atom. The molecule has 120 valence electrons. The number of methoxy groups -OCH3 is 1. The summed E-state index contributed by atoms with van der Waals surface area (Å²) < 4.78 is 5.22. The molecule has 0 radical (unpaired) electrons. The Morgan fingerprint density at radius 1 is 1.39 bits per heavy atom. The van der Waals surface area contributed by atoms with Gasteiger partial charge in [0.2, 0.25) is 0 Å². The number of carbonyl (C=O) groups is 2. The molecule has 1 atom stereocenters. The smallest absolute Gasteiger partial charge is 0.260 e. The second-order valence-electron chi connectivity index (χ2n) is 5.01. The SMILES string of the molecule is COC(C)Nc1cccc(/C=C/C=O)c1C(=O)N1C=CC=CC1. The van der Waals surface area contributed by atoms with Crippen LogP contribution in [0.3, 0.4) is 0 Å². The lowest BCUT2D eigenvalue weighted by atomic mass is 10.0. The molecule has 5 heteroatoms. The average molecular weight is 312 g/mol. The molecule has 1 aliphatic rings. The quantitative estimate of drug-likeness (QED) is 0.498. The van der Waals surface area contributed by atoms with E-state index in [4.69, 9.17) is 4.74 Å². The molecular formula is C18H20N2O3. The fraction of sp³-hybridized carbons (Fsp3) is 0.222. The Balaban J connectivity index is 2.44. The van der Waals surface area contributed by atoms with Crippen LogP contribution in [0.25, 0.3) is 6.08 Å². The lowest BCUT2D eigenvalue weighted by Crippen LogP contribution is -2.29. The topological polar surface area (TPSA) is 58.6 Å². The first-order valence-electron chi connectivity index (χ1n) is 7.36. The molecule has 0 saturated heterocycles. The molecule has 1 aromatic rings. The van der Waals surface area contributed by atoms with Crippen molar-refractivity contribution in [3.63, 3.8) is 0 Å². The maximum atomic E-state index is 12.9. The van der Waals surface area contributed by atoms with Crippen LogP contribution < -0.4 is 5.32 Å². The molecule has 0 aliphatic carbocycles. The number of nitrogens with one attached hydrogen (secondary N) is 1. The minimum Gasteiger partial charge on any atom is -0.362 e. The molecule has 0 bridgehead atoms. The van der Waals surface area contributed by atoms with Crippen molar-refractivity contribution in [1.82, 2.24) is 4.90 Å². The van der Waals surface area contributed by atoms with Crippen molar-refractivity contribution in [2.75, 3.05) is 19.0 Å². The van der Waals surface area contributed by atoms with Gasteiger partial charge in [-0.25, -0.2) is 0 Å². The third-order valence-corrected chi connectivity index (χ3v) is 3.45. The molecule has 1 aromatic carbocycles. The van der Waals surface area contributed by atoms with Gasteiger partial charge in [-0.15, -0.1) is 0 Å². The van der Waals surface area contributed by atoms with Crippen molar-refractivity contribution >= 4 is 24.0 Å². The molecule has 23 heavy (non-hydrogen) atoms. The zero-order valence-electron chi connectivity index (χ0n) is 13.2. The maximum Gasteiger partial charge on any atom is 0.260 e. The van der Waals surface area contributed by atoms with Crippen LogP contribution in [-0.2, 0) is 9.53 Å². The van der Waals surface area contributed by atoms with Crippen LogP contribution in [0.4, 0.5) is 5.69 Å². The second kappa shape index (κ2) is 8.10. The number of anilines is 1. The highest BCUT2D eigenvalue weighted by Gasteiger charge is 2.21. The minimum absolute atomic E-state index is 0.137. The van der Waals surface area contributed by atoms with Crippen LogP contribution in [0.1, 0.15) is 22.8 Å². The lowest BCUT2D eigenvalue weighted by Gasteiger charge is -2.23. The first kappa shape index (κ1) is 16.7. The van der Waals surface area contributed by atoms with Crippen LogP contribution in [0, 0.1) is 0 Å². The molecular weight excluding hydrogens is 292 g/mol. The summed E-state index contributed by atoms with van der Waals surface area (Å²) in [6, 6.07) is 5.46. The summed E-state index contributed by atoms with van der Waals surface area (Å²) in [4.78, 5) is 25.2. The van der Waals surface area contributed by atoms with Gasteiger partial charge in [-0.3, -0.25) is 9.59 Å². The Bertz CT molecular complexity index is 662. The Morgan fingerprint density at radius 2 is 2.22 bits per heavy atom. The lowest BCUT2D eigenvalue weighted by molar-refractivity contribution is -0.104. The van der Waals surface area contributed by atoms with E-state index in [1.165, 1.54) is 6.08 Å². The summed E-state index contributed by atoms with van der Waals surface area (Å²) in [5.41, 5.74) is 1.85. The van der Waals surface area contributed by atoms with E-state index < -0.39 is 0 Å². The molecule has 1 N–H and O–H groups in total. The first-order valence-corrected chi connectivity index (χ1v) is 7.36. The molecule has 0 spiro atoms. The van der Waals surface area contributed by atoms with Crippen LogP contribution in [-0.4, -0.2) is 37.0 Å². The number of nitrogens with zero attached hydrogens (tertiary/aromatic N) is 1. The van der Waals surface area contributed by atoms with E-state index in [-0.39, 0.29) is 12.1 Å². The number of allylic oxidation sites excluding steroid dienone is 3. The van der Waals surface area contributed by atoms with E-state index in [2.05, 4.69) is 5.32 Å². The number of carbonyl (C=O) groups excluding carboxylic acids is 2. The maximum absolute atomic E-state index is 12.9. The van der Waals surface area contributed by atoms with Crippen molar-refractivity contribution in [2.45, 2.75) is 13.2 Å². The Labute approximate surface area is 135 Å². The zero-order valence-corrected chi connectivity index (χ0v) is 13.2. The predicted octanol–water partition coefficient (Wildman–Crippen LogP) is 2.83. The van der Waals surface area contributed by atoms with Crippen molar-refractivity contribution in [3.8, 4) is 0 Å². The molecule has 1 aliphatic heterocycles. The molecule has 0 aromatic heterocycles. The van der Waals surface area contributed by atoms with E-state index in [0.717, 1.165) is 0 Å². The Hall–Kier alpha value is -2.66. The molecule has 1 unspecified atom stereocenters. The van der Waals surface area contributed by atoms with Gasteiger partial charge in [0.05, 0.1) is 5.56 Å². The van der Waals surface area contributed by atoms with Crippen molar-refractivity contribution < 1.29 is 14.3 Å². The standard InChI is InChI=1S/C18H20N2O3/c1-14(23-2)19-16-10-6-8-15(9-7-13-21)17(16)18(22)20-11-4-3-5-12-20/h3-11,13-14,19H,12H2,1-2H3/b9-7+. The second-order valence-corrected chi connectivity index (χ2v) is 5.01. The summed E-state index contributed by atoms with van der Waals surface area (Å²) in [6.45, 7) is 2.37. The van der Waals surface area contributed by atoms with Gasteiger partial charge >= 0.3 is 0 Å². The number of rotatable bonds is 6. The molecule has 0 fully saturated rings. The summed E-state index contributed by atoms with van der Waals surface area (Å²) >= 11 is 0. The third-order valence-electron chi connectivity index (χ3n) is 3.45. The number of benzene rings is 1. The van der Waals surface area contributed by atoms with Crippen molar-refractivity contribution in [2.24, 2.45) is 0 Å². The fourth-order valence-corrected chi connectivity index (χ4v) is 2.25. The first-order chi connectivity index (χ1) is 11.2. The van der Waals surface area contributed by atoms with E-state index in [1.807, 2.05) is 37.3 Å². The summed E-state index contributed by atoms with van der Waals surface area (Å²) in [7, 11) is 1.59. The summed E-state index contributed by atoms with van der Waals surface area (Å²) in [5.74, 6) is -0.137. The van der Waals surface area contributed by atoms with Gasteiger partial charge in [0.1, 0.15) is 12.5 Å². The highest BCUT2D eigenvalue weighted by Crippen LogP contribution is 2.25. The van der Waals surface area contributed by atoms with Gasteiger partial charge in [0.15, 0.2) is 0 Å². The van der Waals surface area contributed by atoms with Crippen LogP contribution in [0.2, 0.25) is 0 Å². The molecule has 2 rings (SSSR count). The highest BCUT2D eigenvalue weighted by molar-refractivity contribution is 6.04. The summed E-state index contributed by atoms with van der Waals surface area (Å²) in [6.07, 6.45) is 10.8. The summed E-state index contributed by atoms with van der Waals surface area (Å²) in [5, 5.41) is 3.16. The largest absolute Gasteiger partial charge is 0.362 e.